The molecule has 0 bridgehead atoms. The predicted octanol–water partition coefficient (Wildman–Crippen LogP) is 4.97. The predicted molar refractivity (Wildman–Crippen MR) is 68.5 cm³/mol. The first-order valence-electron chi connectivity index (χ1n) is 5.65. The van der Waals surface area contributed by atoms with E-state index in [1.807, 2.05) is 0 Å². The van der Waals surface area contributed by atoms with Crippen LogP contribution in [-0.4, -0.2) is 0 Å². The van der Waals surface area contributed by atoms with E-state index in [9.17, 15) is 0 Å². The summed E-state index contributed by atoms with van der Waals surface area (Å²) in [6.07, 6.45) is 2.10. The summed E-state index contributed by atoms with van der Waals surface area (Å²) in [5.74, 6) is 0. The van der Waals surface area contributed by atoms with Crippen molar-refractivity contribution in [2.24, 2.45) is 5.41 Å². The van der Waals surface area contributed by atoms with Gasteiger partial charge in [0.1, 0.15) is 0 Å². The number of rotatable bonds is 3. The van der Waals surface area contributed by atoms with Crippen molar-refractivity contribution in [1.82, 2.24) is 0 Å². The molecule has 0 aromatic heterocycles. The molecule has 0 nitrogen and oxygen atoms in total. The molecule has 0 heterocycles. The van der Waals surface area contributed by atoms with Crippen molar-refractivity contribution in [2.75, 3.05) is 0 Å². The highest BCUT2D eigenvalue weighted by Gasteiger charge is 2.17. The molecule has 0 radical (unpaired) electrons. The Hall–Kier alpha value is -0.490. The summed E-state index contributed by atoms with van der Waals surface area (Å²) < 4.78 is 0. The van der Waals surface area contributed by atoms with Gasteiger partial charge in [-0.25, -0.2) is 0 Å². The Kier molecular flexibility index (Phi) is 4.21. The van der Waals surface area contributed by atoms with Crippen LogP contribution >= 0.6 is 11.6 Å². The lowest BCUT2D eigenvalue weighted by atomic mass is 9.88. The lowest BCUT2D eigenvalue weighted by Gasteiger charge is -2.22. The Bertz CT molecular complexity index is 292. The van der Waals surface area contributed by atoms with E-state index in [0.717, 1.165) is 12.8 Å². The molecule has 1 unspecified atom stereocenters. The van der Waals surface area contributed by atoms with Crippen LogP contribution in [-0.2, 0) is 6.42 Å². The Morgan fingerprint density at radius 1 is 1.13 bits per heavy atom. The Morgan fingerprint density at radius 3 is 2.07 bits per heavy atom. The van der Waals surface area contributed by atoms with Crippen LogP contribution < -0.4 is 0 Å². The quantitative estimate of drug-likeness (QED) is 0.637. The summed E-state index contributed by atoms with van der Waals surface area (Å²) >= 11 is 6.39. The molecule has 1 rings (SSSR count). The zero-order chi connectivity index (χ0) is 11.5. The van der Waals surface area contributed by atoms with Crippen LogP contribution in [0.1, 0.15) is 50.6 Å². The normalized spacial score (nSPS) is 13.9. The van der Waals surface area contributed by atoms with E-state index in [-0.39, 0.29) is 10.8 Å². The summed E-state index contributed by atoms with van der Waals surface area (Å²) in [7, 11) is 0. The highest BCUT2D eigenvalue weighted by molar-refractivity contribution is 6.20. The average molecular weight is 225 g/mol. The topological polar surface area (TPSA) is 0 Å². The first-order valence-corrected chi connectivity index (χ1v) is 6.09. The number of aryl methyl sites for hydroxylation is 1. The van der Waals surface area contributed by atoms with E-state index in [0.29, 0.717) is 0 Å². The Labute approximate surface area is 98.7 Å². The van der Waals surface area contributed by atoms with E-state index in [1.54, 1.807) is 0 Å². The van der Waals surface area contributed by atoms with Gasteiger partial charge in [0.15, 0.2) is 0 Å². The smallest absolute Gasteiger partial charge is 0.0590 e. The third-order valence-corrected chi connectivity index (χ3v) is 2.95. The maximum absolute atomic E-state index is 6.39. The van der Waals surface area contributed by atoms with E-state index >= 15 is 0 Å². The van der Waals surface area contributed by atoms with Gasteiger partial charge in [0.2, 0.25) is 0 Å². The van der Waals surface area contributed by atoms with Gasteiger partial charge in [0.25, 0.3) is 0 Å². The van der Waals surface area contributed by atoms with Crippen LogP contribution in [0.25, 0.3) is 0 Å². The molecule has 1 aromatic rings. The van der Waals surface area contributed by atoms with Crippen LogP contribution in [0.3, 0.4) is 0 Å². The molecule has 0 saturated heterocycles. The second kappa shape index (κ2) is 5.03. The Balaban J connectivity index is 2.70. The maximum atomic E-state index is 6.39. The molecule has 1 atom stereocenters. The fourth-order valence-electron chi connectivity index (χ4n) is 1.62. The lowest BCUT2D eigenvalue weighted by Crippen LogP contribution is -2.08. The zero-order valence-electron chi connectivity index (χ0n) is 10.2. The van der Waals surface area contributed by atoms with Gasteiger partial charge in [-0.1, -0.05) is 52.0 Å². The zero-order valence-corrected chi connectivity index (χ0v) is 10.9. The number of halogens is 1. The number of benzene rings is 1. The second-order valence-corrected chi connectivity index (χ2v) is 5.85. The van der Waals surface area contributed by atoms with Crippen molar-refractivity contribution in [1.29, 1.82) is 0 Å². The first-order chi connectivity index (χ1) is 6.92. The monoisotopic (exact) mass is 224 g/mol. The molecule has 0 saturated carbocycles. The summed E-state index contributed by atoms with van der Waals surface area (Å²) in [5.41, 5.74) is 2.90. The van der Waals surface area contributed by atoms with Crippen molar-refractivity contribution in [2.45, 2.75) is 45.9 Å². The fraction of sp³-hybridized carbons (Fsp3) is 0.571. The SMILES string of the molecule is CCc1ccc(C(Cl)CC(C)(C)C)cc1. The molecule has 15 heavy (non-hydrogen) atoms. The minimum absolute atomic E-state index is 0.135. The number of hydrogen-bond donors (Lipinski definition) is 0. The van der Waals surface area contributed by atoms with Crippen molar-refractivity contribution in [3.63, 3.8) is 0 Å². The van der Waals surface area contributed by atoms with E-state index in [1.165, 1.54) is 11.1 Å². The van der Waals surface area contributed by atoms with Gasteiger partial charge in [-0.15, -0.1) is 11.6 Å². The summed E-state index contributed by atoms with van der Waals surface area (Å²) in [4.78, 5) is 0. The van der Waals surface area contributed by atoms with Crippen LogP contribution in [0, 0.1) is 5.41 Å². The second-order valence-electron chi connectivity index (χ2n) is 5.33. The highest BCUT2D eigenvalue weighted by atomic mass is 35.5. The standard InChI is InChI=1S/C14H21Cl/c1-5-11-6-8-12(9-7-11)13(15)10-14(2,3)4/h6-9,13H,5,10H2,1-4H3. The summed E-state index contributed by atoms with van der Waals surface area (Å²) in [5, 5.41) is 0.135. The average Bonchev–Trinajstić information content (AvgIpc) is 2.15. The largest absolute Gasteiger partial charge is 0.118 e. The van der Waals surface area contributed by atoms with Crippen molar-refractivity contribution < 1.29 is 0 Å². The van der Waals surface area contributed by atoms with Crippen LogP contribution in [0.5, 0.6) is 0 Å². The van der Waals surface area contributed by atoms with Gasteiger partial charge in [0, 0.05) is 0 Å². The van der Waals surface area contributed by atoms with Gasteiger partial charge in [-0.05, 0) is 29.4 Å². The third kappa shape index (κ3) is 4.25. The summed E-state index contributed by atoms with van der Waals surface area (Å²) in [6, 6.07) is 8.66. The summed E-state index contributed by atoms with van der Waals surface area (Å²) in [6.45, 7) is 8.84. The molecule has 0 aliphatic heterocycles. The molecule has 0 amide bonds. The minimum Gasteiger partial charge on any atom is -0.118 e. The highest BCUT2D eigenvalue weighted by Crippen LogP contribution is 2.33. The molecule has 0 N–H and O–H groups in total. The first kappa shape index (κ1) is 12.6. The number of alkyl halides is 1. The molecule has 0 aliphatic rings. The molecule has 84 valence electrons. The van der Waals surface area contributed by atoms with Crippen LogP contribution in [0.2, 0.25) is 0 Å². The van der Waals surface area contributed by atoms with E-state index in [4.69, 9.17) is 11.6 Å². The van der Waals surface area contributed by atoms with E-state index < -0.39 is 0 Å². The van der Waals surface area contributed by atoms with E-state index in [2.05, 4.69) is 52.0 Å². The molecular weight excluding hydrogens is 204 g/mol. The van der Waals surface area contributed by atoms with Crippen LogP contribution in [0.15, 0.2) is 24.3 Å². The van der Waals surface area contributed by atoms with Crippen molar-refractivity contribution >= 4 is 11.6 Å². The van der Waals surface area contributed by atoms with Gasteiger partial charge in [-0.3, -0.25) is 0 Å². The van der Waals surface area contributed by atoms with Gasteiger partial charge in [0.05, 0.1) is 5.38 Å². The van der Waals surface area contributed by atoms with Crippen molar-refractivity contribution in [3.8, 4) is 0 Å². The lowest BCUT2D eigenvalue weighted by molar-refractivity contribution is 0.372. The number of hydrogen-bond acceptors (Lipinski definition) is 0. The minimum atomic E-state index is 0.135. The Morgan fingerprint density at radius 2 is 1.67 bits per heavy atom. The molecule has 1 aromatic carbocycles. The van der Waals surface area contributed by atoms with Crippen molar-refractivity contribution in [3.05, 3.63) is 35.4 Å². The van der Waals surface area contributed by atoms with Crippen LogP contribution in [0.4, 0.5) is 0 Å². The third-order valence-electron chi connectivity index (χ3n) is 2.54. The van der Waals surface area contributed by atoms with Gasteiger partial charge < -0.3 is 0 Å². The molecule has 0 spiro atoms. The van der Waals surface area contributed by atoms with Gasteiger partial charge in [-0.2, -0.15) is 0 Å². The fourth-order valence-corrected chi connectivity index (χ4v) is 2.23. The van der Waals surface area contributed by atoms with Gasteiger partial charge >= 0.3 is 0 Å². The molecule has 1 heteroatoms. The molecule has 0 fully saturated rings. The molecule has 0 aliphatic carbocycles. The molecular formula is C14H21Cl. The maximum Gasteiger partial charge on any atom is 0.0590 e.